The van der Waals surface area contributed by atoms with Crippen molar-refractivity contribution in [3.8, 4) is 0 Å². The molecule has 9 nitrogen and oxygen atoms in total. The monoisotopic (exact) mass is 250 g/mol. The predicted octanol–water partition coefficient (Wildman–Crippen LogP) is -4.41. The van der Waals surface area contributed by atoms with Gasteiger partial charge in [-0.15, -0.1) is 0 Å². The van der Waals surface area contributed by atoms with Crippen LogP contribution in [-0.4, -0.2) is 26.6 Å². The topological polar surface area (TPSA) is 136 Å². The van der Waals surface area contributed by atoms with Gasteiger partial charge < -0.3 is 1.43 Å². The second-order valence-electron chi connectivity index (χ2n) is 1.05. The summed E-state index contributed by atoms with van der Waals surface area (Å²) in [6.45, 7) is 0. The van der Waals surface area contributed by atoms with E-state index in [9.17, 15) is 16.8 Å². The summed E-state index contributed by atoms with van der Waals surface area (Å²) in [5.74, 6) is 0. The van der Waals surface area contributed by atoms with Crippen LogP contribution in [0.5, 0.6) is 0 Å². The van der Waals surface area contributed by atoms with Gasteiger partial charge in [-0.05, 0) is 0 Å². The third-order valence-corrected chi connectivity index (χ3v) is 1.03. The van der Waals surface area contributed by atoms with Crippen molar-refractivity contribution in [2.24, 2.45) is 0 Å². The van der Waals surface area contributed by atoms with E-state index in [-0.39, 0.29) is 52.8 Å². The van der Waals surface area contributed by atoms with Crippen molar-refractivity contribution in [1.29, 1.82) is 0 Å². The van der Waals surface area contributed by atoms with Crippen molar-refractivity contribution in [1.82, 2.24) is 0 Å². The summed E-state index contributed by atoms with van der Waals surface area (Å²) in [6.07, 6.45) is 0. The smallest absolute Gasteiger partial charge is 1.00 e. The fourth-order valence-electron chi connectivity index (χ4n) is 0.0815. The molecule has 0 aliphatic heterocycles. The van der Waals surface area contributed by atoms with Gasteiger partial charge in [0, 0.05) is 0 Å². The summed E-state index contributed by atoms with van der Waals surface area (Å²) < 4.78 is 54.9. The Hall–Kier alpha value is 1.34. The first-order valence-corrected chi connectivity index (χ1v) is 4.40. The van der Waals surface area contributed by atoms with Gasteiger partial charge in [0.1, 0.15) is 0 Å². The maximum atomic E-state index is 9.85. The minimum absolute atomic E-state index is 0. The summed E-state index contributed by atoms with van der Waals surface area (Å²) in [5, 5.41) is 7.42. The van der Waals surface area contributed by atoms with Crippen LogP contribution >= 0.6 is 0 Å². The van der Waals surface area contributed by atoms with Gasteiger partial charge in [0.2, 0.25) is 0 Å². The molecule has 0 aliphatic carbocycles. The largest absolute Gasteiger partial charge is 1.00 e. The van der Waals surface area contributed by atoms with Crippen LogP contribution in [0.25, 0.3) is 0 Å². The molecule has 0 aromatic heterocycles. The van der Waals surface area contributed by atoms with E-state index in [1.165, 1.54) is 0 Å². The number of rotatable bonds is 4. The van der Waals surface area contributed by atoms with E-state index in [0.29, 0.717) is 0 Å². The minimum atomic E-state index is -5.06. The third-order valence-electron chi connectivity index (χ3n) is 0.288. The molecule has 0 saturated heterocycles. The van der Waals surface area contributed by atoms with Gasteiger partial charge in [-0.3, -0.25) is 4.55 Å². The van der Waals surface area contributed by atoms with Crippen LogP contribution < -0.4 is 51.4 Å². The van der Waals surface area contributed by atoms with Crippen LogP contribution in [0.3, 0.4) is 0 Å². The normalized spacial score (nSPS) is 12.2. The van der Waals surface area contributed by atoms with Gasteiger partial charge in [-0.25, -0.2) is 5.26 Å². The van der Waals surface area contributed by atoms with E-state index in [4.69, 9.17) is 9.81 Å². The van der Waals surface area contributed by atoms with Crippen molar-refractivity contribution in [2.45, 2.75) is 0 Å². The molecule has 70 valence electrons. The molecule has 0 atom stereocenters. The van der Waals surface area contributed by atoms with E-state index in [2.05, 4.69) is 13.0 Å². The molecule has 0 aromatic carbocycles. The Kier molecular flexibility index (Phi) is 7.82. The first-order valence-electron chi connectivity index (χ1n) is 1.70. The van der Waals surface area contributed by atoms with Crippen LogP contribution in [0.1, 0.15) is 1.43 Å². The van der Waals surface area contributed by atoms with Gasteiger partial charge in [0.05, 0.1) is 0 Å². The molecule has 12 heavy (non-hydrogen) atoms. The zero-order valence-electron chi connectivity index (χ0n) is 6.57. The van der Waals surface area contributed by atoms with E-state index in [0.717, 1.165) is 0 Å². The van der Waals surface area contributed by atoms with Gasteiger partial charge in [-0.2, -0.15) is 16.8 Å². The van der Waals surface area contributed by atoms with E-state index in [1.807, 2.05) is 0 Å². The molecule has 0 radical (unpaired) electrons. The second kappa shape index (κ2) is 5.94. The summed E-state index contributed by atoms with van der Waals surface area (Å²) >= 11 is 0. The quantitative estimate of drug-likeness (QED) is 0.219. The van der Waals surface area contributed by atoms with Gasteiger partial charge in [0.15, 0.2) is 0 Å². The first-order chi connectivity index (χ1) is 4.77. The molecule has 12 heteroatoms. The van der Waals surface area contributed by atoms with Crippen molar-refractivity contribution in [3.05, 3.63) is 0 Å². The summed E-state index contributed by atoms with van der Waals surface area (Å²) in [4.78, 5) is 0. The molecule has 0 fully saturated rings. The van der Waals surface area contributed by atoms with Crippen LogP contribution in [0.15, 0.2) is 0 Å². The second-order valence-corrected chi connectivity index (χ2v) is 3.14. The Morgan fingerprint density at radius 2 is 1.50 bits per heavy atom. The molecule has 0 heterocycles. The molecule has 0 aliphatic rings. The predicted molar refractivity (Wildman–Crippen MR) is 27.5 cm³/mol. The Balaban J connectivity index is -0.000000500. The van der Waals surface area contributed by atoms with Gasteiger partial charge >= 0.3 is 72.2 Å². The molecule has 0 rings (SSSR count). The van der Waals surface area contributed by atoms with E-state index in [1.54, 1.807) is 0 Å². The average molecular weight is 250 g/mol. The molecule has 0 unspecified atom stereocenters. The van der Waals surface area contributed by atoms with Crippen molar-refractivity contribution in [3.63, 3.8) is 0 Å². The maximum absolute atomic E-state index is 9.85. The Morgan fingerprint density at radius 1 is 1.08 bits per heavy atom. The fraction of sp³-hybridized carbons (Fsp3) is 0. The Morgan fingerprint density at radius 3 is 1.75 bits per heavy atom. The molecule has 2 N–H and O–H groups in total. The standard InChI is InChI=1S/K.H2O9S2.H/c;1-7-11(5,6)9-8-10(2,3)4;/h;1H,(H,2,3,4);/q+1;;-1. The van der Waals surface area contributed by atoms with Crippen molar-refractivity contribution >= 4 is 20.8 Å². The van der Waals surface area contributed by atoms with Crippen LogP contribution in [0.4, 0.5) is 0 Å². The van der Waals surface area contributed by atoms with Crippen LogP contribution in [-0.2, 0) is 33.8 Å². The molecular formula is H3KO9S2. The zero-order chi connectivity index (χ0) is 9.12. The molecule has 0 bridgehead atoms. The molecule has 0 saturated carbocycles. The van der Waals surface area contributed by atoms with Gasteiger partial charge in [0.25, 0.3) is 0 Å². The number of hydrogen-bond acceptors (Lipinski definition) is 8. The van der Waals surface area contributed by atoms with Crippen LogP contribution in [0, 0.1) is 0 Å². The van der Waals surface area contributed by atoms with E-state index < -0.39 is 20.8 Å². The Labute approximate surface area is 112 Å². The van der Waals surface area contributed by atoms with Crippen molar-refractivity contribution < 1.29 is 92.5 Å². The summed E-state index contributed by atoms with van der Waals surface area (Å²) in [5.41, 5.74) is 0. The fourth-order valence-corrected chi connectivity index (χ4v) is 0.659. The molecule has 0 spiro atoms. The first kappa shape index (κ1) is 15.8. The molecule has 0 amide bonds. The summed E-state index contributed by atoms with van der Waals surface area (Å²) in [7, 11) is -10.0. The van der Waals surface area contributed by atoms with Crippen LogP contribution in [0.2, 0.25) is 0 Å². The van der Waals surface area contributed by atoms with Gasteiger partial charge in [-0.1, -0.05) is 13.0 Å². The van der Waals surface area contributed by atoms with Crippen molar-refractivity contribution in [2.75, 3.05) is 0 Å². The Bertz CT molecular complexity index is 299. The minimum Gasteiger partial charge on any atom is -1.00 e. The average Bonchev–Trinajstić information content (AvgIpc) is 1.83. The third kappa shape index (κ3) is 9.42. The number of hydrogen-bond donors (Lipinski definition) is 2. The molecule has 0 aromatic rings. The zero-order valence-corrected chi connectivity index (χ0v) is 10.3. The van der Waals surface area contributed by atoms with E-state index >= 15 is 0 Å². The SMILES string of the molecule is O=S(=O)(O)OOS(=O)(=O)OO.[H-].[K+]. The summed E-state index contributed by atoms with van der Waals surface area (Å²) in [6, 6.07) is 0. The maximum Gasteiger partial charge on any atom is 1.00 e. The molecular weight excluding hydrogens is 247 g/mol.